The van der Waals surface area contributed by atoms with Gasteiger partial charge in [-0.25, -0.2) is 4.39 Å². The van der Waals surface area contributed by atoms with Gasteiger partial charge in [0.05, 0.1) is 10.4 Å². The summed E-state index contributed by atoms with van der Waals surface area (Å²) in [5, 5.41) is 0. The van der Waals surface area contributed by atoms with Gasteiger partial charge < -0.3 is 9.47 Å². The van der Waals surface area contributed by atoms with Crippen LogP contribution < -0.4 is 4.74 Å². The number of hydrogen-bond acceptors (Lipinski definition) is 4. The third-order valence-corrected chi connectivity index (χ3v) is 7.37. The Morgan fingerprint density at radius 3 is 2.21 bits per heavy atom. The van der Waals surface area contributed by atoms with Gasteiger partial charge in [-0.3, -0.25) is 9.59 Å². The fraction of sp³-hybridized carbons (Fsp3) is 0.308. The molecule has 0 radical (unpaired) electrons. The molecule has 5 rings (SSSR count). The second-order valence-corrected chi connectivity index (χ2v) is 10.2. The normalized spacial score (nSPS) is 18.8. The van der Waals surface area contributed by atoms with Gasteiger partial charge in [-0.1, -0.05) is 34.1 Å². The first-order chi connectivity index (χ1) is 15.9. The van der Waals surface area contributed by atoms with Gasteiger partial charge in [0, 0.05) is 52.4 Å². The molecule has 2 aromatic rings. The van der Waals surface area contributed by atoms with Crippen molar-refractivity contribution in [2.24, 2.45) is 0 Å². The second-order valence-electron chi connectivity index (χ2n) is 8.45. The third-order valence-electron chi connectivity index (χ3n) is 6.32. The number of carbonyl (C=O) groups is 2. The molecular formula is C26H21Br2FO4. The maximum Gasteiger partial charge on any atom is 0.163 e. The van der Waals surface area contributed by atoms with Gasteiger partial charge in [-0.15, -0.1) is 0 Å². The minimum Gasteiger partial charge on any atom is -0.487 e. The minimum atomic E-state index is -0.561. The fourth-order valence-electron chi connectivity index (χ4n) is 4.84. The van der Waals surface area contributed by atoms with E-state index in [4.69, 9.17) is 9.47 Å². The first-order valence-electron chi connectivity index (χ1n) is 11.0. The molecule has 4 nitrogen and oxygen atoms in total. The van der Waals surface area contributed by atoms with E-state index < -0.39 is 5.92 Å². The minimum absolute atomic E-state index is 0.00215. The maximum atomic E-state index is 14.2. The molecule has 0 fully saturated rings. The number of rotatable bonds is 4. The van der Waals surface area contributed by atoms with Crippen molar-refractivity contribution in [3.8, 4) is 5.75 Å². The molecule has 0 atom stereocenters. The number of allylic oxidation sites excluding steroid dienone is 4. The van der Waals surface area contributed by atoms with E-state index in [2.05, 4.69) is 31.9 Å². The van der Waals surface area contributed by atoms with Crippen molar-refractivity contribution in [3.05, 3.63) is 85.0 Å². The largest absolute Gasteiger partial charge is 0.487 e. The smallest absolute Gasteiger partial charge is 0.163 e. The summed E-state index contributed by atoms with van der Waals surface area (Å²) in [6.45, 7) is 0.0167. The van der Waals surface area contributed by atoms with Gasteiger partial charge in [-0.2, -0.15) is 0 Å². The van der Waals surface area contributed by atoms with Gasteiger partial charge in [0.2, 0.25) is 0 Å². The van der Waals surface area contributed by atoms with E-state index in [0.717, 1.165) is 17.3 Å². The van der Waals surface area contributed by atoms with Gasteiger partial charge in [0.25, 0.3) is 0 Å². The molecule has 2 aliphatic carbocycles. The second kappa shape index (κ2) is 9.18. The Kier molecular flexibility index (Phi) is 6.27. The van der Waals surface area contributed by atoms with Crippen molar-refractivity contribution in [2.75, 3.05) is 0 Å². The van der Waals surface area contributed by atoms with Crippen molar-refractivity contribution in [2.45, 2.75) is 51.0 Å². The van der Waals surface area contributed by atoms with E-state index in [-0.39, 0.29) is 24.0 Å². The van der Waals surface area contributed by atoms with E-state index in [9.17, 15) is 14.0 Å². The third kappa shape index (κ3) is 4.21. The molecule has 2 aromatic carbocycles. The van der Waals surface area contributed by atoms with Crippen molar-refractivity contribution < 1.29 is 23.5 Å². The van der Waals surface area contributed by atoms with Gasteiger partial charge in [0.15, 0.2) is 11.6 Å². The fourth-order valence-corrected chi connectivity index (χ4v) is 6.21. The molecular weight excluding hydrogens is 555 g/mol. The highest BCUT2D eigenvalue weighted by Crippen LogP contribution is 2.51. The van der Waals surface area contributed by atoms with Crippen molar-refractivity contribution in [1.82, 2.24) is 0 Å². The molecule has 170 valence electrons. The van der Waals surface area contributed by atoms with Crippen molar-refractivity contribution in [1.29, 1.82) is 0 Å². The standard InChI is InChI=1S/C26H21Br2FO4/c27-15-11-16(26(17(28)12-15)32-13-14-5-1-2-6-18(14)29)23-24-19(30)7-3-9-21(24)33-22-10-4-8-20(31)25(22)23/h1-2,5-6,11-12,23H,3-4,7-10,13H2. The lowest BCUT2D eigenvalue weighted by atomic mass is 9.73. The number of Topliss-reactive ketones (excluding diaryl/α,β-unsaturated/α-hetero) is 2. The van der Waals surface area contributed by atoms with Crippen LogP contribution in [-0.4, -0.2) is 11.6 Å². The zero-order valence-electron chi connectivity index (χ0n) is 17.8. The van der Waals surface area contributed by atoms with Crippen LogP contribution in [0.3, 0.4) is 0 Å². The highest BCUT2D eigenvalue weighted by molar-refractivity contribution is 9.11. The molecule has 0 unspecified atom stereocenters. The quantitative estimate of drug-likeness (QED) is 0.392. The summed E-state index contributed by atoms with van der Waals surface area (Å²) in [4.78, 5) is 26.2. The molecule has 7 heteroatoms. The average molecular weight is 576 g/mol. The monoisotopic (exact) mass is 574 g/mol. The van der Waals surface area contributed by atoms with Gasteiger partial charge >= 0.3 is 0 Å². The molecule has 0 spiro atoms. The number of ketones is 2. The molecule has 0 amide bonds. The predicted molar refractivity (Wildman–Crippen MR) is 128 cm³/mol. The summed E-state index contributed by atoms with van der Waals surface area (Å²) in [5.74, 6) is 0.919. The average Bonchev–Trinajstić information content (AvgIpc) is 2.78. The summed E-state index contributed by atoms with van der Waals surface area (Å²) < 4.78 is 28.0. The van der Waals surface area contributed by atoms with Crippen LogP contribution in [0.5, 0.6) is 5.75 Å². The lowest BCUT2D eigenvalue weighted by Crippen LogP contribution is -2.30. The van der Waals surface area contributed by atoms with Crippen LogP contribution >= 0.6 is 31.9 Å². The molecule has 1 aliphatic heterocycles. The Bertz CT molecular complexity index is 1190. The molecule has 33 heavy (non-hydrogen) atoms. The van der Waals surface area contributed by atoms with E-state index in [1.165, 1.54) is 6.07 Å². The lowest BCUT2D eigenvalue weighted by molar-refractivity contribution is -0.117. The Labute approximate surface area is 208 Å². The number of ether oxygens (including phenoxy) is 2. The predicted octanol–water partition coefficient (Wildman–Crippen LogP) is 7.06. The number of carbonyl (C=O) groups excluding carboxylic acids is 2. The molecule has 0 bridgehead atoms. The van der Waals surface area contributed by atoms with Crippen LogP contribution in [0.2, 0.25) is 0 Å². The summed E-state index contributed by atoms with van der Waals surface area (Å²) in [7, 11) is 0. The number of hydrogen-bond donors (Lipinski definition) is 0. The molecule has 0 N–H and O–H groups in total. The summed E-state index contributed by atoms with van der Waals surface area (Å²) in [5.41, 5.74) is 2.22. The van der Waals surface area contributed by atoms with Crippen LogP contribution in [-0.2, 0) is 20.9 Å². The number of halogens is 3. The molecule has 0 saturated carbocycles. The van der Waals surface area contributed by atoms with Crippen LogP contribution in [0.4, 0.5) is 4.39 Å². The van der Waals surface area contributed by atoms with Crippen molar-refractivity contribution in [3.63, 3.8) is 0 Å². The zero-order valence-corrected chi connectivity index (χ0v) is 20.9. The van der Waals surface area contributed by atoms with Crippen molar-refractivity contribution >= 4 is 43.4 Å². The highest BCUT2D eigenvalue weighted by Gasteiger charge is 2.43. The summed E-state index contributed by atoms with van der Waals surface area (Å²) in [6, 6.07) is 10.2. The SMILES string of the molecule is O=C1CCCC2=C1C(c1cc(Br)cc(Br)c1OCc1ccccc1F)C1=C(CCCC1=O)O2. The number of benzene rings is 2. The molecule has 1 heterocycles. The first-order valence-corrected chi connectivity index (χ1v) is 12.6. The maximum absolute atomic E-state index is 14.2. The Balaban J connectivity index is 1.65. The summed E-state index contributed by atoms with van der Waals surface area (Å²) in [6.07, 6.45) is 3.66. The van der Waals surface area contributed by atoms with Gasteiger partial charge in [-0.05, 0) is 47.0 Å². The summed E-state index contributed by atoms with van der Waals surface area (Å²) >= 11 is 7.13. The van der Waals surface area contributed by atoms with E-state index in [1.54, 1.807) is 18.2 Å². The van der Waals surface area contributed by atoms with Gasteiger partial charge in [0.1, 0.15) is 29.7 Å². The van der Waals surface area contributed by atoms with E-state index in [0.29, 0.717) is 69.7 Å². The van der Waals surface area contributed by atoms with Crippen LogP contribution in [0, 0.1) is 5.82 Å². The Morgan fingerprint density at radius 2 is 1.58 bits per heavy atom. The van der Waals surface area contributed by atoms with Crippen LogP contribution in [0.25, 0.3) is 0 Å². The highest BCUT2D eigenvalue weighted by atomic mass is 79.9. The van der Waals surface area contributed by atoms with Crippen LogP contribution in [0.15, 0.2) is 68.0 Å². The van der Waals surface area contributed by atoms with Crippen LogP contribution in [0.1, 0.15) is 55.6 Å². The topological polar surface area (TPSA) is 52.6 Å². The first kappa shape index (κ1) is 22.5. The lowest BCUT2D eigenvalue weighted by Gasteiger charge is -2.36. The van der Waals surface area contributed by atoms with E-state index >= 15 is 0 Å². The Morgan fingerprint density at radius 1 is 0.939 bits per heavy atom. The zero-order chi connectivity index (χ0) is 23.1. The molecule has 3 aliphatic rings. The molecule has 0 saturated heterocycles. The molecule has 0 aromatic heterocycles. The van der Waals surface area contributed by atoms with E-state index in [1.807, 2.05) is 12.1 Å². The Hall–Kier alpha value is -2.25.